The average Bonchev–Trinajstić information content (AvgIpc) is 2.60. The van der Waals surface area contributed by atoms with Gasteiger partial charge in [-0.05, 0) is 56.4 Å². The zero-order valence-electron chi connectivity index (χ0n) is 15.9. The number of nitrogens with zero attached hydrogens (tertiary/aromatic N) is 1. The Morgan fingerprint density at radius 1 is 1.37 bits per heavy atom. The van der Waals surface area contributed by atoms with E-state index in [0.29, 0.717) is 37.2 Å². The van der Waals surface area contributed by atoms with Gasteiger partial charge in [-0.1, -0.05) is 0 Å². The van der Waals surface area contributed by atoms with E-state index < -0.39 is 23.6 Å². The van der Waals surface area contributed by atoms with E-state index in [0.717, 1.165) is 0 Å². The summed E-state index contributed by atoms with van der Waals surface area (Å²) in [6.45, 7) is 3.45. The molecule has 1 fully saturated rings. The maximum absolute atomic E-state index is 14.1. The van der Waals surface area contributed by atoms with Gasteiger partial charge in [-0.3, -0.25) is 4.79 Å². The van der Waals surface area contributed by atoms with Gasteiger partial charge in [0.05, 0.1) is 7.11 Å². The summed E-state index contributed by atoms with van der Waals surface area (Å²) in [5, 5.41) is 2.51. The van der Waals surface area contributed by atoms with Crippen molar-refractivity contribution in [2.75, 3.05) is 20.2 Å². The fourth-order valence-corrected chi connectivity index (χ4v) is 3.30. The molecule has 1 atom stereocenters. The molecule has 3 N–H and O–H groups in total. The van der Waals surface area contributed by atoms with Crippen molar-refractivity contribution in [1.82, 2.24) is 10.2 Å². The molecule has 2 rings (SSSR count). The molecule has 3 amide bonds. The van der Waals surface area contributed by atoms with E-state index in [2.05, 4.69) is 5.32 Å². The number of halogens is 2. The van der Waals surface area contributed by atoms with Gasteiger partial charge in [0.2, 0.25) is 5.91 Å². The van der Waals surface area contributed by atoms with Crippen molar-refractivity contribution in [3.63, 3.8) is 0 Å². The van der Waals surface area contributed by atoms with E-state index >= 15 is 0 Å². The van der Waals surface area contributed by atoms with Crippen LogP contribution < -0.4 is 15.8 Å². The highest BCUT2D eigenvalue weighted by molar-refractivity contribution is 5.86. The number of ether oxygens (including phenoxy) is 1. The van der Waals surface area contributed by atoms with E-state index in [1.54, 1.807) is 12.1 Å². The number of primary amides is 1. The van der Waals surface area contributed by atoms with Gasteiger partial charge >= 0.3 is 6.03 Å². The molecule has 1 aromatic rings. The molecular weight excluding hydrogens is 356 g/mol. The van der Waals surface area contributed by atoms with Gasteiger partial charge in [-0.2, -0.15) is 0 Å². The van der Waals surface area contributed by atoms with Gasteiger partial charge in [-0.15, -0.1) is 0 Å². The van der Waals surface area contributed by atoms with Crippen molar-refractivity contribution in [3.8, 4) is 5.75 Å². The lowest BCUT2D eigenvalue weighted by molar-refractivity contribution is -0.120. The molecule has 1 heterocycles. The first kappa shape index (κ1) is 20.9. The van der Waals surface area contributed by atoms with Gasteiger partial charge in [0.25, 0.3) is 0 Å². The lowest BCUT2D eigenvalue weighted by Crippen LogP contribution is -2.53. The van der Waals surface area contributed by atoms with E-state index in [-0.39, 0.29) is 18.2 Å². The molecule has 1 saturated heterocycles. The molecule has 27 heavy (non-hydrogen) atoms. The number of carbonyl (C=O) groups is 2. The Bertz CT molecular complexity index is 683. The zero-order chi connectivity index (χ0) is 20.2. The third-order valence-electron chi connectivity index (χ3n) is 4.76. The minimum atomic E-state index is -1.64. The molecule has 0 saturated carbocycles. The fraction of sp³-hybridized carbons (Fsp3) is 0.579. The van der Waals surface area contributed by atoms with Gasteiger partial charge < -0.3 is 20.7 Å². The van der Waals surface area contributed by atoms with E-state index in [1.807, 2.05) is 0 Å². The van der Waals surface area contributed by atoms with Crippen molar-refractivity contribution in [2.45, 2.75) is 50.7 Å². The highest BCUT2D eigenvalue weighted by Crippen LogP contribution is 2.32. The van der Waals surface area contributed by atoms with E-state index in [9.17, 15) is 18.4 Å². The maximum atomic E-state index is 14.1. The van der Waals surface area contributed by atoms with Crippen molar-refractivity contribution < 1.29 is 23.1 Å². The van der Waals surface area contributed by atoms with Gasteiger partial charge in [0.1, 0.15) is 23.3 Å². The second kappa shape index (κ2) is 8.54. The maximum Gasteiger partial charge on any atom is 0.318 e. The van der Waals surface area contributed by atoms with Crippen LogP contribution in [0, 0.1) is 5.82 Å². The predicted octanol–water partition coefficient (Wildman–Crippen LogP) is 2.72. The topological polar surface area (TPSA) is 84.7 Å². The standard InChI is InChI=1S/C19H27F2N3O3/c1-19(2,21)11-16(17(22)25)23-18(26)24-8-6-12(7-9-24)14-10-13(27-3)4-5-15(14)20/h4-5,10,12,16H,6-9,11H2,1-3H3,(H2,22,25)(H,23,26). The van der Waals surface area contributed by atoms with Crippen LogP contribution in [0.2, 0.25) is 0 Å². The summed E-state index contributed by atoms with van der Waals surface area (Å²) in [6.07, 6.45) is 0.959. The van der Waals surface area contributed by atoms with Crippen LogP contribution in [-0.2, 0) is 4.79 Å². The van der Waals surface area contributed by atoms with Crippen LogP contribution in [0.15, 0.2) is 18.2 Å². The molecule has 0 aromatic heterocycles. The number of hydrogen-bond acceptors (Lipinski definition) is 3. The van der Waals surface area contributed by atoms with Crippen LogP contribution in [0.3, 0.4) is 0 Å². The second-order valence-electron chi connectivity index (χ2n) is 7.48. The fourth-order valence-electron chi connectivity index (χ4n) is 3.30. The number of rotatable bonds is 6. The smallest absolute Gasteiger partial charge is 0.318 e. The third-order valence-corrected chi connectivity index (χ3v) is 4.76. The lowest BCUT2D eigenvalue weighted by Gasteiger charge is -2.33. The Kier molecular flexibility index (Phi) is 6.62. The molecule has 0 aliphatic carbocycles. The first-order chi connectivity index (χ1) is 12.6. The number of piperidine rings is 1. The van der Waals surface area contributed by atoms with Crippen molar-refractivity contribution in [3.05, 3.63) is 29.6 Å². The number of nitrogens with two attached hydrogens (primary N) is 1. The number of likely N-dealkylation sites (tertiary alicyclic amines) is 1. The molecule has 150 valence electrons. The number of methoxy groups -OCH3 is 1. The third kappa shape index (κ3) is 5.80. The summed E-state index contributed by atoms with van der Waals surface area (Å²) in [7, 11) is 1.53. The Labute approximate surface area is 158 Å². The number of amides is 3. The Morgan fingerprint density at radius 2 is 2.00 bits per heavy atom. The zero-order valence-corrected chi connectivity index (χ0v) is 15.9. The number of hydrogen-bond donors (Lipinski definition) is 2. The normalized spacial score (nSPS) is 16.7. The molecule has 0 bridgehead atoms. The SMILES string of the molecule is COc1ccc(F)c(C2CCN(C(=O)NC(CC(C)(C)F)C(N)=O)CC2)c1. The van der Waals surface area contributed by atoms with Crippen LogP contribution in [0.4, 0.5) is 13.6 Å². The number of benzene rings is 1. The molecule has 0 radical (unpaired) electrons. The summed E-state index contributed by atoms with van der Waals surface area (Å²) >= 11 is 0. The van der Waals surface area contributed by atoms with Crippen molar-refractivity contribution in [2.24, 2.45) is 5.73 Å². The molecule has 1 aromatic carbocycles. The quantitative estimate of drug-likeness (QED) is 0.792. The van der Waals surface area contributed by atoms with Crippen molar-refractivity contribution in [1.29, 1.82) is 0 Å². The highest BCUT2D eigenvalue weighted by Gasteiger charge is 2.31. The Morgan fingerprint density at radius 3 is 2.52 bits per heavy atom. The van der Waals surface area contributed by atoms with E-state index in [4.69, 9.17) is 10.5 Å². The molecule has 8 heteroatoms. The number of urea groups is 1. The van der Waals surface area contributed by atoms with Crippen LogP contribution in [0.5, 0.6) is 5.75 Å². The largest absolute Gasteiger partial charge is 0.497 e. The summed E-state index contributed by atoms with van der Waals surface area (Å²) in [4.78, 5) is 25.4. The van der Waals surface area contributed by atoms with Crippen LogP contribution in [-0.4, -0.2) is 48.7 Å². The molecule has 6 nitrogen and oxygen atoms in total. The number of alkyl halides is 1. The number of carbonyl (C=O) groups excluding carboxylic acids is 2. The monoisotopic (exact) mass is 383 g/mol. The average molecular weight is 383 g/mol. The van der Waals surface area contributed by atoms with Crippen LogP contribution >= 0.6 is 0 Å². The first-order valence-electron chi connectivity index (χ1n) is 8.98. The molecular formula is C19H27F2N3O3. The Hall–Kier alpha value is -2.38. The molecule has 1 aliphatic rings. The van der Waals surface area contributed by atoms with E-state index in [1.165, 1.54) is 31.9 Å². The molecule has 1 unspecified atom stereocenters. The van der Waals surface area contributed by atoms with Gasteiger partial charge in [0, 0.05) is 19.5 Å². The second-order valence-corrected chi connectivity index (χ2v) is 7.48. The molecule has 1 aliphatic heterocycles. The van der Waals surface area contributed by atoms with Gasteiger partial charge in [0.15, 0.2) is 0 Å². The van der Waals surface area contributed by atoms with Gasteiger partial charge in [-0.25, -0.2) is 13.6 Å². The minimum absolute atomic E-state index is 0.0270. The summed E-state index contributed by atoms with van der Waals surface area (Å²) in [5.74, 6) is -0.509. The summed E-state index contributed by atoms with van der Waals surface area (Å²) < 4.78 is 33.1. The van der Waals surface area contributed by atoms with Crippen LogP contribution in [0.1, 0.15) is 44.6 Å². The highest BCUT2D eigenvalue weighted by atomic mass is 19.1. The Balaban J connectivity index is 1.96. The number of nitrogens with one attached hydrogen (secondary N) is 1. The predicted molar refractivity (Wildman–Crippen MR) is 97.8 cm³/mol. The van der Waals surface area contributed by atoms with Crippen LogP contribution in [0.25, 0.3) is 0 Å². The summed E-state index contributed by atoms with van der Waals surface area (Å²) in [6, 6.07) is 3.09. The summed E-state index contributed by atoms with van der Waals surface area (Å²) in [5.41, 5.74) is 4.21. The minimum Gasteiger partial charge on any atom is -0.497 e. The molecule has 0 spiro atoms. The van der Waals surface area contributed by atoms with Crippen molar-refractivity contribution >= 4 is 11.9 Å². The lowest BCUT2D eigenvalue weighted by atomic mass is 9.89. The first-order valence-corrected chi connectivity index (χ1v) is 8.98.